The van der Waals surface area contributed by atoms with Crippen LogP contribution >= 0.6 is 0 Å². The van der Waals surface area contributed by atoms with Gasteiger partial charge >= 0.3 is 0 Å². The number of hydrogen-bond donors (Lipinski definition) is 1. The van der Waals surface area contributed by atoms with Crippen molar-refractivity contribution in [3.8, 4) is 22.7 Å². The van der Waals surface area contributed by atoms with Crippen molar-refractivity contribution in [1.82, 2.24) is 10.2 Å². The number of furan rings is 1. The normalized spacial score (nSPS) is 11.0. The maximum absolute atomic E-state index is 5.38. The lowest BCUT2D eigenvalue weighted by atomic mass is 10.0. The van der Waals surface area contributed by atoms with Crippen LogP contribution in [0, 0.1) is 0 Å². The molecular weight excluding hydrogens is 248 g/mol. The average molecular weight is 260 g/mol. The van der Waals surface area contributed by atoms with Gasteiger partial charge in [0.2, 0.25) is 0 Å². The molecule has 0 aliphatic rings. The minimum atomic E-state index is 0.795. The predicted molar refractivity (Wildman–Crippen MR) is 79.2 cm³/mol. The summed E-state index contributed by atoms with van der Waals surface area (Å²) in [6, 6.07) is 20.4. The quantitative estimate of drug-likeness (QED) is 0.577. The number of H-pyrrole nitrogens is 1. The first-order valence-electron chi connectivity index (χ1n) is 6.49. The molecule has 0 aliphatic heterocycles. The number of rotatable bonds is 2. The van der Waals surface area contributed by atoms with Crippen molar-refractivity contribution in [3.05, 3.63) is 66.9 Å². The van der Waals surface area contributed by atoms with E-state index in [0.29, 0.717) is 0 Å². The van der Waals surface area contributed by atoms with Gasteiger partial charge in [0.15, 0.2) is 5.76 Å². The Kier molecular flexibility index (Phi) is 2.42. The number of benzene rings is 2. The maximum atomic E-state index is 5.38. The molecule has 2 aromatic carbocycles. The smallest absolute Gasteiger partial charge is 0.151 e. The number of fused-ring (bicyclic) bond motifs is 1. The lowest BCUT2D eigenvalue weighted by Gasteiger charge is -2.02. The predicted octanol–water partition coefficient (Wildman–Crippen LogP) is 4.49. The van der Waals surface area contributed by atoms with Gasteiger partial charge < -0.3 is 4.42 Å². The molecule has 0 unspecified atom stereocenters. The third-order valence-electron chi connectivity index (χ3n) is 3.43. The van der Waals surface area contributed by atoms with E-state index in [-0.39, 0.29) is 0 Å². The standard InChI is InChI=1S/C17H12N2O/c1-2-7-13-12(5-1)6-3-8-14(13)15-11-16(19-18-15)17-9-4-10-20-17/h1-11H,(H,18,19). The van der Waals surface area contributed by atoms with Crippen molar-refractivity contribution < 1.29 is 4.42 Å². The molecular formula is C17H12N2O. The molecule has 3 nitrogen and oxygen atoms in total. The van der Waals surface area contributed by atoms with Gasteiger partial charge in [-0.3, -0.25) is 5.10 Å². The van der Waals surface area contributed by atoms with E-state index in [0.717, 1.165) is 22.7 Å². The van der Waals surface area contributed by atoms with E-state index in [1.165, 1.54) is 10.8 Å². The van der Waals surface area contributed by atoms with Gasteiger partial charge in [0.25, 0.3) is 0 Å². The zero-order valence-corrected chi connectivity index (χ0v) is 10.7. The zero-order chi connectivity index (χ0) is 13.4. The fourth-order valence-electron chi connectivity index (χ4n) is 2.47. The van der Waals surface area contributed by atoms with Crippen LogP contribution in [0.25, 0.3) is 33.5 Å². The average Bonchev–Trinajstić information content (AvgIpc) is 3.17. The minimum Gasteiger partial charge on any atom is -0.463 e. The molecule has 20 heavy (non-hydrogen) atoms. The van der Waals surface area contributed by atoms with Gasteiger partial charge in [0, 0.05) is 5.56 Å². The number of aromatic nitrogens is 2. The third kappa shape index (κ3) is 1.72. The van der Waals surface area contributed by atoms with E-state index in [1.54, 1.807) is 6.26 Å². The summed E-state index contributed by atoms with van der Waals surface area (Å²) in [5, 5.41) is 9.85. The molecule has 2 heterocycles. The van der Waals surface area contributed by atoms with Crippen LogP contribution in [0.15, 0.2) is 71.3 Å². The molecule has 0 saturated heterocycles. The van der Waals surface area contributed by atoms with Gasteiger partial charge in [-0.1, -0.05) is 42.5 Å². The van der Waals surface area contributed by atoms with Crippen molar-refractivity contribution in [2.24, 2.45) is 0 Å². The van der Waals surface area contributed by atoms with Crippen LogP contribution in [0.5, 0.6) is 0 Å². The highest BCUT2D eigenvalue weighted by Crippen LogP contribution is 2.29. The lowest BCUT2D eigenvalue weighted by Crippen LogP contribution is -1.80. The molecule has 0 amide bonds. The van der Waals surface area contributed by atoms with Crippen LogP contribution in [0.4, 0.5) is 0 Å². The molecule has 0 bridgehead atoms. The van der Waals surface area contributed by atoms with Gasteiger partial charge in [0.05, 0.1) is 12.0 Å². The van der Waals surface area contributed by atoms with Crippen molar-refractivity contribution >= 4 is 10.8 Å². The van der Waals surface area contributed by atoms with Crippen LogP contribution < -0.4 is 0 Å². The Morgan fingerprint density at radius 1 is 0.900 bits per heavy atom. The molecule has 1 N–H and O–H groups in total. The van der Waals surface area contributed by atoms with Crippen molar-refractivity contribution in [2.45, 2.75) is 0 Å². The van der Waals surface area contributed by atoms with Crippen LogP contribution in [0.1, 0.15) is 0 Å². The first-order chi connectivity index (χ1) is 9.92. The summed E-state index contributed by atoms with van der Waals surface area (Å²) in [6.07, 6.45) is 1.66. The van der Waals surface area contributed by atoms with Gasteiger partial charge in [-0.05, 0) is 29.0 Å². The Morgan fingerprint density at radius 2 is 1.80 bits per heavy atom. The molecule has 3 heteroatoms. The van der Waals surface area contributed by atoms with Crippen LogP contribution in [-0.4, -0.2) is 10.2 Å². The highest BCUT2D eigenvalue weighted by Gasteiger charge is 2.09. The Morgan fingerprint density at radius 3 is 2.70 bits per heavy atom. The molecule has 0 aliphatic carbocycles. The minimum absolute atomic E-state index is 0.795. The van der Waals surface area contributed by atoms with Gasteiger partial charge in [-0.25, -0.2) is 0 Å². The van der Waals surface area contributed by atoms with Crippen LogP contribution in [0.3, 0.4) is 0 Å². The lowest BCUT2D eigenvalue weighted by molar-refractivity contribution is 0.580. The molecule has 2 aromatic heterocycles. The van der Waals surface area contributed by atoms with Crippen LogP contribution in [0.2, 0.25) is 0 Å². The van der Waals surface area contributed by atoms with E-state index in [4.69, 9.17) is 4.42 Å². The van der Waals surface area contributed by atoms with E-state index in [1.807, 2.05) is 30.3 Å². The summed E-state index contributed by atoms with van der Waals surface area (Å²) >= 11 is 0. The summed E-state index contributed by atoms with van der Waals surface area (Å²) in [7, 11) is 0. The monoisotopic (exact) mass is 260 g/mol. The topological polar surface area (TPSA) is 41.8 Å². The van der Waals surface area contributed by atoms with Gasteiger partial charge in [-0.2, -0.15) is 5.10 Å². The highest BCUT2D eigenvalue weighted by atomic mass is 16.3. The number of nitrogens with zero attached hydrogens (tertiary/aromatic N) is 1. The van der Waals surface area contributed by atoms with E-state index in [9.17, 15) is 0 Å². The fraction of sp³-hybridized carbons (Fsp3) is 0. The number of aromatic amines is 1. The summed E-state index contributed by atoms with van der Waals surface area (Å²) in [4.78, 5) is 0. The third-order valence-corrected chi connectivity index (χ3v) is 3.43. The van der Waals surface area contributed by atoms with Crippen molar-refractivity contribution in [3.63, 3.8) is 0 Å². The van der Waals surface area contributed by atoms with Crippen molar-refractivity contribution in [1.29, 1.82) is 0 Å². The SMILES string of the molecule is c1coc(-c2cc(-c3cccc4ccccc34)n[nH]2)c1. The molecule has 0 saturated carbocycles. The molecule has 0 spiro atoms. The molecule has 96 valence electrons. The van der Waals surface area contributed by atoms with E-state index in [2.05, 4.69) is 40.5 Å². The molecule has 0 atom stereocenters. The highest BCUT2D eigenvalue weighted by molar-refractivity contribution is 5.96. The zero-order valence-electron chi connectivity index (χ0n) is 10.7. The molecule has 4 rings (SSSR count). The Balaban J connectivity index is 1.88. The van der Waals surface area contributed by atoms with E-state index < -0.39 is 0 Å². The second-order valence-electron chi connectivity index (χ2n) is 4.67. The number of nitrogens with one attached hydrogen (secondary N) is 1. The maximum Gasteiger partial charge on any atom is 0.151 e. The van der Waals surface area contributed by atoms with Crippen molar-refractivity contribution in [2.75, 3.05) is 0 Å². The summed E-state index contributed by atoms with van der Waals surface area (Å²) in [6.45, 7) is 0. The second-order valence-corrected chi connectivity index (χ2v) is 4.67. The summed E-state index contributed by atoms with van der Waals surface area (Å²) in [5.74, 6) is 0.795. The largest absolute Gasteiger partial charge is 0.463 e. The van der Waals surface area contributed by atoms with E-state index >= 15 is 0 Å². The van der Waals surface area contributed by atoms with Crippen LogP contribution in [-0.2, 0) is 0 Å². The first-order valence-corrected chi connectivity index (χ1v) is 6.49. The van der Waals surface area contributed by atoms with Gasteiger partial charge in [-0.15, -0.1) is 0 Å². The second kappa shape index (κ2) is 4.38. The first kappa shape index (κ1) is 11.1. The fourth-order valence-corrected chi connectivity index (χ4v) is 2.47. The summed E-state index contributed by atoms with van der Waals surface area (Å²) in [5.41, 5.74) is 2.93. The molecule has 0 fully saturated rings. The summed E-state index contributed by atoms with van der Waals surface area (Å²) < 4.78 is 5.38. The Hall–Kier alpha value is -2.81. The Bertz CT molecular complexity index is 854. The molecule has 4 aromatic rings. The Labute approximate surface area is 115 Å². The number of hydrogen-bond acceptors (Lipinski definition) is 2. The van der Waals surface area contributed by atoms with Gasteiger partial charge in [0.1, 0.15) is 5.69 Å². The molecule has 0 radical (unpaired) electrons.